The number of hydrogen-bond acceptors (Lipinski definition) is 5. The molecule has 6 nitrogen and oxygen atoms in total. The zero-order valence-electron chi connectivity index (χ0n) is 15.3. The fourth-order valence-corrected chi connectivity index (χ4v) is 3.21. The van der Waals surface area contributed by atoms with Crippen molar-refractivity contribution in [3.05, 3.63) is 48.0 Å². The molecule has 3 rings (SSSR count). The number of amides is 4. The monoisotopic (exact) mass is 424 g/mol. The predicted octanol–water partition coefficient (Wildman–Crippen LogP) is 4.71. The van der Waals surface area contributed by atoms with E-state index in [0.29, 0.717) is 22.7 Å². The molecule has 0 atom stereocenters. The Bertz CT molecular complexity index is 976. The minimum atomic E-state index is -4.36. The lowest BCUT2D eigenvalue weighted by Crippen LogP contribution is -2.53. The molecule has 0 saturated carbocycles. The van der Waals surface area contributed by atoms with Crippen LogP contribution in [0.15, 0.2) is 47.4 Å². The van der Waals surface area contributed by atoms with Gasteiger partial charge in [0.15, 0.2) is 0 Å². The van der Waals surface area contributed by atoms with Crippen LogP contribution in [-0.4, -0.2) is 35.3 Å². The molecule has 1 fully saturated rings. The van der Waals surface area contributed by atoms with E-state index in [2.05, 4.69) is 0 Å². The van der Waals surface area contributed by atoms with Crippen LogP contribution in [0.4, 0.5) is 23.7 Å². The second-order valence-electron chi connectivity index (χ2n) is 6.21. The van der Waals surface area contributed by atoms with Crippen LogP contribution in [0.5, 0.6) is 11.5 Å². The van der Waals surface area contributed by atoms with Crippen LogP contribution in [0.2, 0.25) is 0 Å². The summed E-state index contributed by atoms with van der Waals surface area (Å²) in [6.07, 6.45) is -0.401. The number of urea groups is 1. The number of halogens is 3. The number of hydrogen-bond donors (Lipinski definition) is 0. The molecule has 2 aromatic carbocycles. The van der Waals surface area contributed by atoms with E-state index in [1.165, 1.54) is 37.4 Å². The van der Waals surface area contributed by atoms with Crippen molar-refractivity contribution in [1.29, 1.82) is 0 Å². The third-order valence-corrected chi connectivity index (χ3v) is 4.85. The highest BCUT2D eigenvalue weighted by Crippen LogP contribution is 2.38. The fourth-order valence-electron chi connectivity index (χ4n) is 2.67. The van der Waals surface area contributed by atoms with Gasteiger partial charge in [0.05, 0.1) is 5.69 Å². The molecular weight excluding hydrogens is 409 g/mol. The molecule has 29 heavy (non-hydrogen) atoms. The van der Waals surface area contributed by atoms with E-state index in [1.807, 2.05) is 0 Å². The SMILES string of the molecule is Cc1cc(N2C(=O)CC(=O)N(C)C2=O)ccc1Oc1ccc(SC(F)(F)F)cc1. The van der Waals surface area contributed by atoms with Crippen molar-refractivity contribution in [2.75, 3.05) is 11.9 Å². The fraction of sp³-hybridized carbons (Fsp3) is 0.211. The average Bonchev–Trinajstić information content (AvgIpc) is 2.62. The van der Waals surface area contributed by atoms with Crippen molar-refractivity contribution < 1.29 is 32.3 Å². The predicted molar refractivity (Wildman–Crippen MR) is 99.9 cm³/mol. The van der Waals surface area contributed by atoms with E-state index in [1.54, 1.807) is 19.1 Å². The number of ether oxygens (including phenoxy) is 1. The zero-order chi connectivity index (χ0) is 21.3. The molecule has 0 aliphatic carbocycles. The Morgan fingerprint density at radius 2 is 1.66 bits per heavy atom. The molecule has 2 aromatic rings. The van der Waals surface area contributed by atoms with Crippen LogP contribution in [-0.2, 0) is 9.59 Å². The maximum absolute atomic E-state index is 12.4. The summed E-state index contributed by atoms with van der Waals surface area (Å²) in [6.45, 7) is 1.69. The third-order valence-electron chi connectivity index (χ3n) is 4.11. The molecule has 1 aliphatic rings. The second kappa shape index (κ2) is 7.78. The van der Waals surface area contributed by atoms with Gasteiger partial charge in [0.1, 0.15) is 17.9 Å². The smallest absolute Gasteiger partial charge is 0.446 e. The number of rotatable bonds is 4. The van der Waals surface area contributed by atoms with Crippen molar-refractivity contribution in [2.45, 2.75) is 23.7 Å². The number of imide groups is 2. The number of benzene rings is 2. The number of thioether (sulfide) groups is 1. The number of carbonyl (C=O) groups excluding carboxylic acids is 3. The molecule has 10 heteroatoms. The summed E-state index contributed by atoms with van der Waals surface area (Å²) in [4.78, 5) is 37.8. The number of anilines is 1. The van der Waals surface area contributed by atoms with E-state index >= 15 is 0 Å². The van der Waals surface area contributed by atoms with Crippen molar-refractivity contribution in [2.24, 2.45) is 0 Å². The van der Waals surface area contributed by atoms with Gasteiger partial charge in [-0.1, -0.05) is 0 Å². The first-order valence-corrected chi connectivity index (χ1v) is 9.14. The molecule has 152 valence electrons. The Morgan fingerprint density at radius 1 is 1.00 bits per heavy atom. The lowest BCUT2D eigenvalue weighted by Gasteiger charge is -2.30. The standard InChI is InChI=1S/C19H15F3N2O4S/c1-11-9-12(24-17(26)10-16(25)23(2)18(24)27)3-8-15(11)28-13-4-6-14(7-5-13)29-19(20,21)22/h3-9H,10H2,1-2H3. The highest BCUT2D eigenvalue weighted by Gasteiger charge is 2.36. The number of nitrogens with zero attached hydrogens (tertiary/aromatic N) is 2. The summed E-state index contributed by atoms with van der Waals surface area (Å²) < 4.78 is 42.9. The summed E-state index contributed by atoms with van der Waals surface area (Å²) in [7, 11) is 1.30. The summed E-state index contributed by atoms with van der Waals surface area (Å²) in [5.74, 6) is -0.446. The van der Waals surface area contributed by atoms with Crippen LogP contribution >= 0.6 is 11.8 Å². The lowest BCUT2D eigenvalue weighted by atomic mass is 10.1. The topological polar surface area (TPSA) is 66.9 Å². The number of alkyl halides is 3. The maximum Gasteiger partial charge on any atom is 0.446 e. The average molecular weight is 424 g/mol. The first-order valence-electron chi connectivity index (χ1n) is 8.33. The third kappa shape index (κ3) is 4.70. The molecule has 4 amide bonds. The highest BCUT2D eigenvalue weighted by atomic mass is 32.2. The quantitative estimate of drug-likeness (QED) is 0.525. The summed E-state index contributed by atoms with van der Waals surface area (Å²) >= 11 is -0.216. The minimum Gasteiger partial charge on any atom is -0.457 e. The summed E-state index contributed by atoms with van der Waals surface area (Å²) in [6, 6.07) is 9.29. The van der Waals surface area contributed by atoms with E-state index in [-0.39, 0.29) is 16.7 Å². The van der Waals surface area contributed by atoms with Gasteiger partial charge < -0.3 is 4.74 Å². The van der Waals surface area contributed by atoms with Gasteiger partial charge in [0.2, 0.25) is 11.8 Å². The summed E-state index contributed by atoms with van der Waals surface area (Å²) in [5, 5.41) is 0. The first-order chi connectivity index (χ1) is 13.5. The Balaban J connectivity index is 1.77. The van der Waals surface area contributed by atoms with Gasteiger partial charge >= 0.3 is 11.5 Å². The summed E-state index contributed by atoms with van der Waals surface area (Å²) in [5.41, 5.74) is -3.48. The van der Waals surface area contributed by atoms with Crippen molar-refractivity contribution in [3.63, 3.8) is 0 Å². The van der Waals surface area contributed by atoms with Gasteiger partial charge in [-0.25, -0.2) is 9.69 Å². The normalized spacial score (nSPS) is 15.1. The van der Waals surface area contributed by atoms with Gasteiger partial charge in [-0.3, -0.25) is 14.5 Å². The molecule has 0 aromatic heterocycles. The number of barbiturate groups is 1. The first kappa shape index (κ1) is 20.7. The molecule has 0 bridgehead atoms. The Kier molecular flexibility index (Phi) is 5.56. The van der Waals surface area contributed by atoms with Gasteiger partial charge in [0.25, 0.3) is 0 Å². The van der Waals surface area contributed by atoms with Crippen LogP contribution in [0.3, 0.4) is 0 Å². The van der Waals surface area contributed by atoms with Crippen LogP contribution < -0.4 is 9.64 Å². The van der Waals surface area contributed by atoms with Crippen LogP contribution in [0, 0.1) is 6.92 Å². The highest BCUT2D eigenvalue weighted by molar-refractivity contribution is 8.00. The zero-order valence-corrected chi connectivity index (χ0v) is 16.1. The van der Waals surface area contributed by atoms with Crippen molar-refractivity contribution in [1.82, 2.24) is 4.90 Å². The van der Waals surface area contributed by atoms with Gasteiger partial charge in [-0.2, -0.15) is 13.2 Å². The number of aryl methyl sites for hydroxylation is 1. The second-order valence-corrected chi connectivity index (χ2v) is 7.35. The molecule has 0 N–H and O–H groups in total. The van der Waals surface area contributed by atoms with Gasteiger partial charge in [-0.15, -0.1) is 0 Å². The molecule has 1 aliphatic heterocycles. The van der Waals surface area contributed by atoms with E-state index < -0.39 is 29.8 Å². The van der Waals surface area contributed by atoms with E-state index in [0.717, 1.165) is 9.80 Å². The van der Waals surface area contributed by atoms with Crippen molar-refractivity contribution >= 4 is 35.3 Å². The molecule has 1 saturated heterocycles. The lowest BCUT2D eigenvalue weighted by molar-refractivity contribution is -0.134. The van der Waals surface area contributed by atoms with Crippen LogP contribution in [0.25, 0.3) is 0 Å². The van der Waals surface area contributed by atoms with Crippen LogP contribution in [0.1, 0.15) is 12.0 Å². The minimum absolute atomic E-state index is 0.0395. The maximum atomic E-state index is 12.4. The largest absolute Gasteiger partial charge is 0.457 e. The molecule has 0 radical (unpaired) electrons. The van der Waals surface area contributed by atoms with Gasteiger partial charge in [0, 0.05) is 11.9 Å². The Hall–Kier alpha value is -3.01. The van der Waals surface area contributed by atoms with Gasteiger partial charge in [-0.05, 0) is 66.7 Å². The molecule has 0 spiro atoms. The molecular formula is C19H15F3N2O4S. The Morgan fingerprint density at radius 3 is 2.24 bits per heavy atom. The van der Waals surface area contributed by atoms with E-state index in [4.69, 9.17) is 4.74 Å². The van der Waals surface area contributed by atoms with E-state index in [9.17, 15) is 27.6 Å². The van der Waals surface area contributed by atoms with Crippen molar-refractivity contribution in [3.8, 4) is 11.5 Å². The Labute approximate surface area is 168 Å². The molecule has 0 unspecified atom stereocenters. The number of carbonyl (C=O) groups is 3. The molecule has 1 heterocycles.